The molecule has 0 radical (unpaired) electrons. The number of rotatable bonds is 12. The molecule has 0 aromatic rings. The summed E-state index contributed by atoms with van der Waals surface area (Å²) >= 11 is 0. The Hall–Kier alpha value is -2.74. The highest BCUT2D eigenvalue weighted by molar-refractivity contribution is 5.79. The molecule has 0 aliphatic rings. The molecule has 12 nitrogen and oxygen atoms in total. The van der Waals surface area contributed by atoms with Crippen LogP contribution >= 0.6 is 0 Å². The van der Waals surface area contributed by atoms with Gasteiger partial charge in [0, 0.05) is 13.1 Å². The lowest BCUT2D eigenvalue weighted by atomic mass is 9.96. The van der Waals surface area contributed by atoms with Crippen molar-refractivity contribution < 1.29 is 28.6 Å². The van der Waals surface area contributed by atoms with Crippen molar-refractivity contribution in [2.24, 2.45) is 44.4 Å². The second kappa shape index (κ2) is 13.4. The van der Waals surface area contributed by atoms with Crippen molar-refractivity contribution in [2.45, 2.75) is 36.8 Å². The zero-order valence-electron chi connectivity index (χ0n) is 15.5. The van der Waals surface area contributed by atoms with E-state index in [2.05, 4.69) is 9.98 Å². The second-order valence-corrected chi connectivity index (χ2v) is 6.01. The van der Waals surface area contributed by atoms with E-state index >= 15 is 0 Å². The van der Waals surface area contributed by atoms with Crippen LogP contribution in [0.4, 0.5) is 8.78 Å². The molecule has 1 unspecified atom stereocenters. The SMILES string of the molecule is NC(N)=NCCCC(N)(CF)C(=O)O.NC(N)=NCCC[C@@](N)(CF)C(=O)O. The van der Waals surface area contributed by atoms with Crippen molar-refractivity contribution >= 4 is 23.9 Å². The normalized spacial score (nSPS) is 14.4. The quantitative estimate of drug-likeness (QED) is 0.0955. The van der Waals surface area contributed by atoms with Gasteiger partial charge in [-0.15, -0.1) is 0 Å². The predicted octanol–water partition coefficient (Wildman–Crippen LogP) is -2.42. The number of carbonyl (C=O) groups is 2. The molecule has 14 heteroatoms. The highest BCUT2D eigenvalue weighted by Crippen LogP contribution is 2.11. The molecule has 164 valence electrons. The first-order valence-corrected chi connectivity index (χ1v) is 8.12. The van der Waals surface area contributed by atoms with Gasteiger partial charge < -0.3 is 44.6 Å². The molecule has 0 saturated carbocycles. The molecule has 0 amide bonds. The predicted molar refractivity (Wildman–Crippen MR) is 101 cm³/mol. The molecule has 0 aromatic carbocycles. The molecule has 0 spiro atoms. The maximum atomic E-state index is 12.3. The minimum Gasteiger partial charge on any atom is -0.480 e. The molecule has 0 aliphatic carbocycles. The summed E-state index contributed by atoms with van der Waals surface area (Å²) in [5.74, 6) is -2.87. The summed E-state index contributed by atoms with van der Waals surface area (Å²) < 4.78 is 24.6. The fourth-order valence-electron chi connectivity index (χ4n) is 1.67. The van der Waals surface area contributed by atoms with E-state index in [1.54, 1.807) is 0 Å². The average Bonchev–Trinajstić information content (AvgIpc) is 2.61. The van der Waals surface area contributed by atoms with Crippen molar-refractivity contribution in [1.29, 1.82) is 0 Å². The zero-order chi connectivity index (χ0) is 22.4. The van der Waals surface area contributed by atoms with E-state index in [4.69, 9.17) is 44.6 Å². The van der Waals surface area contributed by atoms with Crippen molar-refractivity contribution in [1.82, 2.24) is 0 Å². The van der Waals surface area contributed by atoms with E-state index in [9.17, 15) is 18.4 Å². The fourth-order valence-corrected chi connectivity index (χ4v) is 1.67. The monoisotopic (exact) mass is 412 g/mol. The van der Waals surface area contributed by atoms with Gasteiger partial charge in [-0.2, -0.15) is 0 Å². The Morgan fingerprint density at radius 2 is 1.04 bits per heavy atom. The lowest BCUT2D eigenvalue weighted by Crippen LogP contribution is -2.50. The highest BCUT2D eigenvalue weighted by Gasteiger charge is 2.34. The number of guanidine groups is 2. The van der Waals surface area contributed by atoms with Crippen molar-refractivity contribution in [3.05, 3.63) is 0 Å². The number of hydrogen-bond donors (Lipinski definition) is 8. The Balaban J connectivity index is 0. The van der Waals surface area contributed by atoms with Gasteiger partial charge in [-0.25, -0.2) is 8.78 Å². The first-order valence-electron chi connectivity index (χ1n) is 8.12. The van der Waals surface area contributed by atoms with Crippen molar-refractivity contribution in [3.63, 3.8) is 0 Å². The average molecular weight is 412 g/mol. The molecule has 0 rings (SSSR count). The van der Waals surface area contributed by atoms with Crippen LogP contribution in [0.25, 0.3) is 0 Å². The molecule has 14 N–H and O–H groups in total. The van der Waals surface area contributed by atoms with Gasteiger partial charge in [-0.3, -0.25) is 19.6 Å². The molecule has 0 aliphatic heterocycles. The number of alkyl halides is 2. The van der Waals surface area contributed by atoms with Crippen LogP contribution in [0.3, 0.4) is 0 Å². The van der Waals surface area contributed by atoms with Crippen LogP contribution in [0.5, 0.6) is 0 Å². The first kappa shape index (κ1) is 27.5. The number of nitrogens with zero attached hydrogens (tertiary/aromatic N) is 2. The summed E-state index contributed by atoms with van der Waals surface area (Å²) in [5, 5.41) is 17.2. The molecule has 0 aromatic heterocycles. The van der Waals surface area contributed by atoms with Crippen LogP contribution in [-0.4, -0.2) is 71.6 Å². The van der Waals surface area contributed by atoms with Crippen LogP contribution < -0.4 is 34.4 Å². The third-order valence-electron chi connectivity index (χ3n) is 3.48. The van der Waals surface area contributed by atoms with Gasteiger partial charge in [0.2, 0.25) is 0 Å². The van der Waals surface area contributed by atoms with Crippen LogP contribution in [-0.2, 0) is 9.59 Å². The molecule has 0 saturated heterocycles. The van der Waals surface area contributed by atoms with E-state index < -0.39 is 36.4 Å². The maximum absolute atomic E-state index is 12.3. The van der Waals surface area contributed by atoms with Crippen molar-refractivity contribution in [3.8, 4) is 0 Å². The van der Waals surface area contributed by atoms with Crippen molar-refractivity contribution in [2.75, 3.05) is 26.4 Å². The molecular weight excluding hydrogens is 382 g/mol. The van der Waals surface area contributed by atoms with E-state index in [0.29, 0.717) is 12.8 Å². The molecular formula is C14H30F2N8O4. The van der Waals surface area contributed by atoms with E-state index in [1.807, 2.05) is 0 Å². The van der Waals surface area contributed by atoms with Crippen LogP contribution in [0.1, 0.15) is 25.7 Å². The largest absolute Gasteiger partial charge is 0.480 e. The molecule has 2 atom stereocenters. The Bertz CT molecular complexity index is 507. The lowest BCUT2D eigenvalue weighted by molar-refractivity contribution is -0.145. The lowest BCUT2D eigenvalue weighted by Gasteiger charge is -2.19. The van der Waals surface area contributed by atoms with Gasteiger partial charge in [0.25, 0.3) is 0 Å². The third-order valence-corrected chi connectivity index (χ3v) is 3.48. The van der Waals surface area contributed by atoms with Gasteiger partial charge in [0.15, 0.2) is 11.9 Å². The van der Waals surface area contributed by atoms with E-state index in [-0.39, 0.29) is 37.9 Å². The minimum absolute atomic E-state index is 0.00435. The number of nitrogens with two attached hydrogens (primary N) is 6. The summed E-state index contributed by atoms with van der Waals surface area (Å²) in [6.45, 7) is -1.72. The third kappa shape index (κ3) is 11.8. The smallest absolute Gasteiger partial charge is 0.326 e. The van der Waals surface area contributed by atoms with Gasteiger partial charge >= 0.3 is 11.9 Å². The summed E-state index contributed by atoms with van der Waals surface area (Å²) in [6, 6.07) is 0. The molecule has 0 heterocycles. The number of hydrogen-bond acceptors (Lipinski definition) is 6. The van der Waals surface area contributed by atoms with Gasteiger partial charge in [-0.1, -0.05) is 0 Å². The summed E-state index contributed by atoms with van der Waals surface area (Å²) in [6.07, 6.45) is 0.639. The number of halogens is 2. The van der Waals surface area contributed by atoms with E-state index in [1.165, 1.54) is 0 Å². The Kier molecular flexibility index (Phi) is 13.2. The number of carboxylic acid groups (broad SMARTS) is 2. The van der Waals surface area contributed by atoms with Crippen LogP contribution in [0.15, 0.2) is 9.98 Å². The minimum atomic E-state index is -1.82. The summed E-state index contributed by atoms with van der Waals surface area (Å²) in [7, 11) is 0. The van der Waals surface area contributed by atoms with Gasteiger partial charge in [-0.05, 0) is 25.7 Å². The second-order valence-electron chi connectivity index (χ2n) is 6.01. The number of aliphatic carboxylic acids is 2. The van der Waals surface area contributed by atoms with Gasteiger partial charge in [0.05, 0.1) is 0 Å². The van der Waals surface area contributed by atoms with Crippen LogP contribution in [0, 0.1) is 0 Å². The standard InChI is InChI=1S/2C7H15FN4O2/c2*8-4-7(11,5(13)14)2-1-3-12-6(9)10/h2*1-4,11H2,(H,13,14)(H4,9,10,12)/t7-;/m1./s1. The first-order chi connectivity index (χ1) is 12.8. The number of carboxylic acids is 2. The molecule has 0 bridgehead atoms. The summed E-state index contributed by atoms with van der Waals surface area (Å²) in [5.41, 5.74) is 27.1. The number of aliphatic imine (C=N–C) groups is 2. The zero-order valence-corrected chi connectivity index (χ0v) is 15.5. The van der Waals surface area contributed by atoms with Crippen LogP contribution in [0.2, 0.25) is 0 Å². The highest BCUT2D eigenvalue weighted by atomic mass is 19.1. The molecule has 28 heavy (non-hydrogen) atoms. The maximum Gasteiger partial charge on any atom is 0.326 e. The Labute approximate surface area is 161 Å². The Morgan fingerprint density at radius 3 is 1.21 bits per heavy atom. The Morgan fingerprint density at radius 1 is 0.750 bits per heavy atom. The summed E-state index contributed by atoms with van der Waals surface area (Å²) in [4.78, 5) is 28.3. The van der Waals surface area contributed by atoms with Gasteiger partial charge in [0.1, 0.15) is 24.4 Å². The van der Waals surface area contributed by atoms with E-state index in [0.717, 1.165) is 0 Å². The topological polar surface area (TPSA) is 255 Å². The molecule has 0 fully saturated rings. The fraction of sp³-hybridized carbons (Fsp3) is 0.714.